The highest BCUT2D eigenvalue weighted by atomic mass is 16.3. The monoisotopic (exact) mass is 667 g/mol. The van der Waals surface area contributed by atoms with Gasteiger partial charge in [0.1, 0.15) is 16.7 Å². The van der Waals surface area contributed by atoms with Crippen LogP contribution in [-0.2, 0) is 5.41 Å². The van der Waals surface area contributed by atoms with Crippen LogP contribution in [0, 0.1) is 0 Å². The molecule has 0 fully saturated rings. The van der Waals surface area contributed by atoms with Gasteiger partial charge < -0.3 is 13.7 Å². The van der Waals surface area contributed by atoms with E-state index >= 15 is 0 Å². The summed E-state index contributed by atoms with van der Waals surface area (Å²) < 4.78 is 13.3. The maximum absolute atomic E-state index is 6.92. The van der Waals surface area contributed by atoms with Crippen molar-refractivity contribution < 1.29 is 8.83 Å². The van der Waals surface area contributed by atoms with Crippen molar-refractivity contribution >= 4 is 71.7 Å². The van der Waals surface area contributed by atoms with Crippen LogP contribution in [-0.4, -0.2) is 0 Å². The molecule has 0 aliphatic heterocycles. The van der Waals surface area contributed by atoms with Crippen molar-refractivity contribution in [1.29, 1.82) is 0 Å². The first kappa shape index (κ1) is 29.2. The zero-order valence-electron chi connectivity index (χ0n) is 28.9. The Hall–Kier alpha value is -6.58. The molecule has 1 aliphatic rings. The van der Waals surface area contributed by atoms with Gasteiger partial charge in [0.2, 0.25) is 0 Å². The van der Waals surface area contributed by atoms with Crippen LogP contribution in [0.5, 0.6) is 0 Å². The minimum Gasteiger partial charge on any atom is -0.456 e. The summed E-state index contributed by atoms with van der Waals surface area (Å²) >= 11 is 0. The van der Waals surface area contributed by atoms with Gasteiger partial charge in [-0.3, -0.25) is 0 Å². The first-order valence-corrected chi connectivity index (χ1v) is 17.9. The number of anilines is 3. The van der Waals surface area contributed by atoms with Crippen molar-refractivity contribution in [2.24, 2.45) is 0 Å². The Kier molecular flexibility index (Phi) is 6.01. The van der Waals surface area contributed by atoms with E-state index in [1.165, 1.54) is 33.4 Å². The summed E-state index contributed by atoms with van der Waals surface area (Å²) in [4.78, 5) is 2.34. The Bertz CT molecular complexity index is 3050. The molecule has 0 bridgehead atoms. The number of hydrogen-bond acceptors (Lipinski definition) is 3. The molecule has 2 aromatic heterocycles. The van der Waals surface area contributed by atoms with Crippen molar-refractivity contribution in [2.75, 3.05) is 4.90 Å². The largest absolute Gasteiger partial charge is 0.456 e. The van der Waals surface area contributed by atoms with E-state index in [9.17, 15) is 0 Å². The van der Waals surface area contributed by atoms with Crippen LogP contribution in [0.1, 0.15) is 25.0 Å². The molecule has 0 saturated carbocycles. The third-order valence-electron chi connectivity index (χ3n) is 11.3. The second-order valence-corrected chi connectivity index (χ2v) is 14.5. The number of para-hydroxylation sites is 2. The van der Waals surface area contributed by atoms with Crippen molar-refractivity contribution in [3.63, 3.8) is 0 Å². The molecule has 3 heteroatoms. The highest BCUT2D eigenvalue weighted by molar-refractivity contribution is 6.19. The lowest BCUT2D eigenvalue weighted by atomic mass is 9.81. The number of rotatable bonds is 4. The fraction of sp³-hybridized carbons (Fsp3) is 0.0612. The molecule has 0 atom stereocenters. The Labute approximate surface area is 301 Å². The number of benzene rings is 8. The quantitative estimate of drug-likeness (QED) is 0.187. The van der Waals surface area contributed by atoms with E-state index in [0.29, 0.717) is 0 Å². The maximum Gasteiger partial charge on any atom is 0.159 e. The van der Waals surface area contributed by atoms with Crippen molar-refractivity contribution in [2.45, 2.75) is 19.3 Å². The van der Waals surface area contributed by atoms with Crippen molar-refractivity contribution in [3.05, 3.63) is 175 Å². The fourth-order valence-corrected chi connectivity index (χ4v) is 8.72. The summed E-state index contributed by atoms with van der Waals surface area (Å²) in [6, 6.07) is 58.7. The standard InChI is InChI=1S/C49H33NO2/c1-49(2)40-16-7-5-13-35(40)36-27-24-32(29-41(36)49)30-21-25-33(26-22-30)50(42-17-10-20-45-46(42)39-14-6-8-19-44(39)51-45)43-18-9-15-37-38-28-23-31-11-3-4-12-34(31)47(38)52-48(37)43/h3-29H,1-2H3. The fourth-order valence-electron chi connectivity index (χ4n) is 8.72. The average molecular weight is 668 g/mol. The molecule has 2 heterocycles. The van der Waals surface area contributed by atoms with Gasteiger partial charge in [-0.2, -0.15) is 0 Å². The molecular formula is C49H33NO2. The lowest BCUT2D eigenvalue weighted by Crippen LogP contribution is -2.14. The van der Waals surface area contributed by atoms with E-state index in [4.69, 9.17) is 8.83 Å². The van der Waals surface area contributed by atoms with Crippen LogP contribution in [0.3, 0.4) is 0 Å². The predicted octanol–water partition coefficient (Wildman–Crippen LogP) is 14.1. The van der Waals surface area contributed by atoms with Gasteiger partial charge in [0.15, 0.2) is 5.58 Å². The molecular weight excluding hydrogens is 635 g/mol. The molecule has 3 nitrogen and oxygen atoms in total. The van der Waals surface area contributed by atoms with E-state index in [-0.39, 0.29) is 5.41 Å². The van der Waals surface area contributed by atoms with E-state index in [1.807, 2.05) is 12.1 Å². The Morgan fingerprint density at radius 3 is 2.02 bits per heavy atom. The van der Waals surface area contributed by atoms with Crippen LogP contribution in [0.25, 0.3) is 76.9 Å². The van der Waals surface area contributed by atoms with Gasteiger partial charge in [-0.1, -0.05) is 129 Å². The molecule has 52 heavy (non-hydrogen) atoms. The molecule has 1 aliphatic carbocycles. The number of nitrogens with zero attached hydrogens (tertiary/aromatic N) is 1. The maximum atomic E-state index is 6.92. The molecule has 0 radical (unpaired) electrons. The smallest absolute Gasteiger partial charge is 0.159 e. The molecule has 246 valence electrons. The molecule has 0 spiro atoms. The van der Waals surface area contributed by atoms with Gasteiger partial charge >= 0.3 is 0 Å². The Morgan fingerprint density at radius 2 is 1.12 bits per heavy atom. The van der Waals surface area contributed by atoms with Crippen LogP contribution in [0.15, 0.2) is 173 Å². The molecule has 8 aromatic carbocycles. The Balaban J connectivity index is 1.12. The van der Waals surface area contributed by atoms with Crippen molar-refractivity contribution in [1.82, 2.24) is 0 Å². The summed E-state index contributed by atoms with van der Waals surface area (Å²) in [5.74, 6) is 0. The number of furan rings is 2. The number of fused-ring (bicyclic) bond motifs is 11. The van der Waals surface area contributed by atoms with Crippen LogP contribution < -0.4 is 4.90 Å². The lowest BCUT2D eigenvalue weighted by molar-refractivity contribution is 0.660. The summed E-state index contributed by atoms with van der Waals surface area (Å²) in [5.41, 5.74) is 14.3. The average Bonchev–Trinajstić information content (AvgIpc) is 3.84. The molecule has 0 saturated heterocycles. The summed E-state index contributed by atoms with van der Waals surface area (Å²) in [7, 11) is 0. The van der Waals surface area contributed by atoms with Gasteiger partial charge in [-0.05, 0) is 87.3 Å². The first-order chi connectivity index (χ1) is 25.5. The van der Waals surface area contributed by atoms with Gasteiger partial charge in [0, 0.05) is 32.6 Å². The Morgan fingerprint density at radius 1 is 0.442 bits per heavy atom. The molecule has 0 N–H and O–H groups in total. The molecule has 0 unspecified atom stereocenters. The highest BCUT2D eigenvalue weighted by Gasteiger charge is 2.35. The van der Waals surface area contributed by atoms with Gasteiger partial charge in [-0.25, -0.2) is 0 Å². The third kappa shape index (κ3) is 4.08. The van der Waals surface area contributed by atoms with Gasteiger partial charge in [-0.15, -0.1) is 0 Å². The molecule has 0 amide bonds. The number of hydrogen-bond donors (Lipinski definition) is 0. The summed E-state index contributed by atoms with van der Waals surface area (Å²) in [5, 5.41) is 6.63. The zero-order chi connectivity index (χ0) is 34.6. The SMILES string of the molecule is CC1(C)c2ccccc2-c2ccc(-c3ccc(N(c4cccc5c4oc4c6ccccc6ccc54)c4cccc5oc6ccccc6c45)cc3)cc21. The van der Waals surface area contributed by atoms with Crippen molar-refractivity contribution in [3.8, 4) is 22.3 Å². The first-order valence-electron chi connectivity index (χ1n) is 17.9. The minimum absolute atomic E-state index is 0.0542. The minimum atomic E-state index is -0.0542. The molecule has 10 aromatic rings. The van der Waals surface area contributed by atoms with Gasteiger partial charge in [0.25, 0.3) is 0 Å². The topological polar surface area (TPSA) is 29.5 Å². The van der Waals surface area contributed by atoms with E-state index < -0.39 is 0 Å². The second-order valence-electron chi connectivity index (χ2n) is 14.5. The third-order valence-corrected chi connectivity index (χ3v) is 11.3. The van der Waals surface area contributed by atoms with E-state index in [1.54, 1.807) is 0 Å². The van der Waals surface area contributed by atoms with Crippen LogP contribution in [0.4, 0.5) is 17.1 Å². The molecule has 11 rings (SSSR count). The van der Waals surface area contributed by atoms with E-state index in [2.05, 4.69) is 170 Å². The second kappa shape index (κ2) is 10.7. The summed E-state index contributed by atoms with van der Waals surface area (Å²) in [6.45, 7) is 4.67. The summed E-state index contributed by atoms with van der Waals surface area (Å²) in [6.07, 6.45) is 0. The normalized spacial score (nSPS) is 13.3. The van der Waals surface area contributed by atoms with Crippen LogP contribution >= 0.6 is 0 Å². The lowest BCUT2D eigenvalue weighted by Gasteiger charge is -2.26. The van der Waals surface area contributed by atoms with Crippen LogP contribution in [0.2, 0.25) is 0 Å². The van der Waals surface area contributed by atoms with E-state index in [0.717, 1.165) is 71.7 Å². The van der Waals surface area contributed by atoms with Gasteiger partial charge in [0.05, 0.1) is 16.8 Å². The highest BCUT2D eigenvalue weighted by Crippen LogP contribution is 2.50. The predicted molar refractivity (Wildman–Crippen MR) is 216 cm³/mol. The zero-order valence-corrected chi connectivity index (χ0v) is 28.9.